The molecule has 1 fully saturated rings. The third kappa shape index (κ3) is 3.21. The Morgan fingerprint density at radius 1 is 1.00 bits per heavy atom. The van der Waals surface area contributed by atoms with E-state index >= 15 is 0 Å². The second kappa shape index (κ2) is 6.99. The van der Waals surface area contributed by atoms with Gasteiger partial charge in [-0.2, -0.15) is 11.8 Å². The summed E-state index contributed by atoms with van der Waals surface area (Å²) in [5, 5.41) is 1.66. The van der Waals surface area contributed by atoms with Crippen molar-refractivity contribution in [3.8, 4) is 0 Å². The van der Waals surface area contributed by atoms with Crippen LogP contribution >= 0.6 is 23.1 Å². The third-order valence-electron chi connectivity index (χ3n) is 4.44. The van der Waals surface area contributed by atoms with Crippen molar-refractivity contribution in [2.75, 3.05) is 18.8 Å². The highest BCUT2D eigenvalue weighted by atomic mass is 32.2. The second-order valence-electron chi connectivity index (χ2n) is 6.00. The van der Waals surface area contributed by atoms with E-state index in [2.05, 4.69) is 42.5 Å². The van der Waals surface area contributed by atoms with E-state index in [1.54, 1.807) is 11.3 Å². The quantitative estimate of drug-likeness (QED) is 0.629. The highest BCUT2D eigenvalue weighted by molar-refractivity contribution is 7.99. The number of fused-ring (bicyclic) bond motifs is 1. The van der Waals surface area contributed by atoms with Gasteiger partial charge in [-0.15, -0.1) is 11.3 Å². The van der Waals surface area contributed by atoms with Crippen LogP contribution in [0.4, 0.5) is 0 Å². The lowest BCUT2D eigenvalue weighted by Crippen LogP contribution is -2.32. The van der Waals surface area contributed by atoms with E-state index in [1.165, 1.54) is 10.3 Å². The number of benzene rings is 2. The first-order valence-corrected chi connectivity index (χ1v) is 10.1. The van der Waals surface area contributed by atoms with Gasteiger partial charge < -0.3 is 4.90 Å². The van der Waals surface area contributed by atoms with Crippen LogP contribution in [-0.4, -0.2) is 29.6 Å². The Bertz CT molecular complexity index is 810. The lowest BCUT2D eigenvalue weighted by molar-refractivity contribution is 0.0771. The lowest BCUT2D eigenvalue weighted by atomic mass is 10.1. The van der Waals surface area contributed by atoms with Gasteiger partial charge >= 0.3 is 0 Å². The van der Waals surface area contributed by atoms with Gasteiger partial charge in [-0.1, -0.05) is 48.5 Å². The zero-order chi connectivity index (χ0) is 16.4. The van der Waals surface area contributed by atoms with Gasteiger partial charge in [-0.05, 0) is 29.5 Å². The summed E-state index contributed by atoms with van der Waals surface area (Å²) in [6.07, 6.45) is 1.02. The molecule has 1 amide bonds. The van der Waals surface area contributed by atoms with E-state index in [4.69, 9.17) is 0 Å². The molecule has 0 unspecified atom stereocenters. The number of thiophene rings is 1. The van der Waals surface area contributed by atoms with Gasteiger partial charge in [0.2, 0.25) is 0 Å². The topological polar surface area (TPSA) is 20.3 Å². The van der Waals surface area contributed by atoms with Crippen molar-refractivity contribution < 1.29 is 4.79 Å². The van der Waals surface area contributed by atoms with E-state index in [1.807, 2.05) is 34.9 Å². The van der Waals surface area contributed by atoms with E-state index in [-0.39, 0.29) is 5.91 Å². The SMILES string of the molecule is O=C(c1cc2ccccc2s1)N1CCS[C@H](c2ccccc2)CC1. The van der Waals surface area contributed by atoms with Crippen molar-refractivity contribution >= 4 is 39.1 Å². The molecule has 4 heteroatoms. The molecule has 0 spiro atoms. The van der Waals surface area contributed by atoms with Crippen molar-refractivity contribution in [3.05, 3.63) is 71.1 Å². The van der Waals surface area contributed by atoms with Gasteiger partial charge in [0.1, 0.15) is 0 Å². The molecule has 0 bridgehead atoms. The molecule has 24 heavy (non-hydrogen) atoms. The van der Waals surface area contributed by atoms with Crippen LogP contribution in [0.15, 0.2) is 60.7 Å². The molecule has 0 radical (unpaired) electrons. The Balaban J connectivity index is 1.49. The normalized spacial score (nSPS) is 18.5. The molecule has 0 aliphatic carbocycles. The number of rotatable bonds is 2. The molecule has 1 atom stereocenters. The standard InChI is InChI=1S/C20H19NOS2/c22-20(19-14-16-8-4-5-9-18(16)24-19)21-11-10-17(23-13-12-21)15-6-2-1-3-7-15/h1-9,14,17H,10-13H2/t17-/m0/s1. The molecule has 4 rings (SSSR count). The van der Waals surface area contributed by atoms with Gasteiger partial charge in [0, 0.05) is 28.8 Å². The van der Waals surface area contributed by atoms with Gasteiger partial charge in [0.05, 0.1) is 4.88 Å². The first-order valence-electron chi connectivity index (χ1n) is 8.26. The van der Waals surface area contributed by atoms with Crippen LogP contribution in [0.3, 0.4) is 0 Å². The molecule has 3 aromatic rings. The smallest absolute Gasteiger partial charge is 0.263 e. The number of hydrogen-bond acceptors (Lipinski definition) is 3. The molecule has 2 nitrogen and oxygen atoms in total. The monoisotopic (exact) mass is 353 g/mol. The summed E-state index contributed by atoms with van der Waals surface area (Å²) in [6.45, 7) is 1.67. The second-order valence-corrected chi connectivity index (χ2v) is 8.39. The van der Waals surface area contributed by atoms with Crippen molar-refractivity contribution in [1.29, 1.82) is 0 Å². The Hall–Kier alpha value is -1.78. The van der Waals surface area contributed by atoms with Crippen molar-refractivity contribution in [2.45, 2.75) is 11.7 Å². The summed E-state index contributed by atoms with van der Waals surface area (Å²) in [4.78, 5) is 15.8. The largest absolute Gasteiger partial charge is 0.337 e. The Labute approximate surface area is 150 Å². The van der Waals surface area contributed by atoms with E-state index in [0.717, 1.165) is 35.5 Å². The van der Waals surface area contributed by atoms with Crippen LogP contribution in [0.5, 0.6) is 0 Å². The fourth-order valence-corrected chi connectivity index (χ4v) is 5.41. The van der Waals surface area contributed by atoms with Gasteiger partial charge in [0.25, 0.3) is 5.91 Å². The average molecular weight is 354 g/mol. The molecule has 1 aliphatic rings. The molecule has 1 saturated heterocycles. The summed E-state index contributed by atoms with van der Waals surface area (Å²) in [5.74, 6) is 1.18. The van der Waals surface area contributed by atoms with E-state index in [0.29, 0.717) is 5.25 Å². The summed E-state index contributed by atoms with van der Waals surface area (Å²) < 4.78 is 1.19. The molecule has 1 aliphatic heterocycles. The highest BCUT2D eigenvalue weighted by Gasteiger charge is 2.23. The third-order valence-corrected chi connectivity index (χ3v) is 6.87. The molecular formula is C20H19NOS2. The maximum atomic E-state index is 12.9. The predicted octanol–water partition coefficient (Wildman–Crippen LogP) is 5.22. The first kappa shape index (κ1) is 15.7. The molecule has 1 aromatic heterocycles. The van der Waals surface area contributed by atoms with Crippen molar-refractivity contribution in [3.63, 3.8) is 0 Å². The maximum absolute atomic E-state index is 12.9. The van der Waals surface area contributed by atoms with Gasteiger partial charge in [-0.25, -0.2) is 0 Å². The van der Waals surface area contributed by atoms with Crippen LogP contribution in [0.1, 0.15) is 26.9 Å². The van der Waals surface area contributed by atoms with Crippen LogP contribution < -0.4 is 0 Å². The number of hydrogen-bond donors (Lipinski definition) is 0. The van der Waals surface area contributed by atoms with E-state index in [9.17, 15) is 4.79 Å². The number of thioether (sulfide) groups is 1. The zero-order valence-corrected chi connectivity index (χ0v) is 15.0. The number of carbonyl (C=O) groups excluding carboxylic acids is 1. The Kier molecular flexibility index (Phi) is 4.58. The molecular weight excluding hydrogens is 334 g/mol. The van der Waals surface area contributed by atoms with Crippen LogP contribution in [0, 0.1) is 0 Å². The Morgan fingerprint density at radius 3 is 2.62 bits per heavy atom. The van der Waals surface area contributed by atoms with Crippen molar-refractivity contribution in [1.82, 2.24) is 4.90 Å². The van der Waals surface area contributed by atoms with E-state index < -0.39 is 0 Å². The summed E-state index contributed by atoms with van der Waals surface area (Å²) >= 11 is 3.57. The molecule has 122 valence electrons. The van der Waals surface area contributed by atoms with Crippen molar-refractivity contribution in [2.24, 2.45) is 0 Å². The fraction of sp³-hybridized carbons (Fsp3) is 0.250. The fourth-order valence-electron chi connectivity index (χ4n) is 3.15. The number of carbonyl (C=O) groups is 1. The molecule has 2 heterocycles. The lowest BCUT2D eigenvalue weighted by Gasteiger charge is -2.19. The molecule has 2 aromatic carbocycles. The molecule has 0 N–H and O–H groups in total. The molecule has 0 saturated carbocycles. The summed E-state index contributed by atoms with van der Waals surface area (Å²) in [6, 6.07) is 20.9. The summed E-state index contributed by atoms with van der Waals surface area (Å²) in [7, 11) is 0. The highest BCUT2D eigenvalue weighted by Crippen LogP contribution is 2.35. The number of nitrogens with zero attached hydrogens (tertiary/aromatic N) is 1. The first-order chi connectivity index (χ1) is 11.8. The van der Waals surface area contributed by atoms with Crippen LogP contribution in [0.25, 0.3) is 10.1 Å². The zero-order valence-electron chi connectivity index (χ0n) is 13.4. The predicted molar refractivity (Wildman–Crippen MR) is 104 cm³/mol. The van der Waals surface area contributed by atoms with Gasteiger partial charge in [0.15, 0.2) is 0 Å². The van der Waals surface area contributed by atoms with Crippen LogP contribution in [-0.2, 0) is 0 Å². The van der Waals surface area contributed by atoms with Gasteiger partial charge in [-0.3, -0.25) is 4.79 Å². The van der Waals surface area contributed by atoms with Crippen LogP contribution in [0.2, 0.25) is 0 Å². The minimum atomic E-state index is 0.186. The summed E-state index contributed by atoms with van der Waals surface area (Å²) in [5.41, 5.74) is 1.37. The maximum Gasteiger partial charge on any atom is 0.263 e. The number of amides is 1. The minimum absolute atomic E-state index is 0.186. The Morgan fingerprint density at radius 2 is 1.79 bits per heavy atom. The average Bonchev–Trinajstić information content (AvgIpc) is 2.91. The minimum Gasteiger partial charge on any atom is -0.337 e.